The van der Waals surface area contributed by atoms with Gasteiger partial charge in [-0.2, -0.15) is 0 Å². The van der Waals surface area contributed by atoms with Gasteiger partial charge in [0.15, 0.2) is 0 Å². The van der Waals surface area contributed by atoms with Crippen molar-refractivity contribution in [2.75, 3.05) is 14.2 Å². The summed E-state index contributed by atoms with van der Waals surface area (Å²) in [5.41, 5.74) is 4.15. The highest BCUT2D eigenvalue weighted by molar-refractivity contribution is 9.10. The lowest BCUT2D eigenvalue weighted by Gasteiger charge is -2.19. The van der Waals surface area contributed by atoms with Crippen molar-refractivity contribution in [3.63, 3.8) is 0 Å². The Balaban J connectivity index is 2.23. The zero-order valence-corrected chi connectivity index (χ0v) is 40.3. The standard InChI is InChI=1S/C50H84Br2N2O2/c1-7-11-15-19-21-23-25-29-33-41(31-27-17-13-9-3)35-43-37-47(49(55-5)39-45(43)51)53-54-48-38-44(46(52)40-50(48)56-6)36-42(32-28-18-14-10-4)34-30-26-24-22-20-16-12-8-2/h37-42H,7-36H2,1-6H3. The first-order valence-corrected chi connectivity index (χ1v) is 25.1. The fourth-order valence-electron chi connectivity index (χ4n) is 8.25. The van der Waals surface area contributed by atoms with E-state index in [1.807, 2.05) is 0 Å². The molecule has 2 atom stereocenters. The van der Waals surface area contributed by atoms with Crippen LogP contribution in [0.1, 0.15) is 219 Å². The smallest absolute Gasteiger partial charge is 0.147 e. The Bertz CT molecular complexity index is 1200. The molecule has 2 unspecified atom stereocenters. The van der Waals surface area contributed by atoms with Crippen LogP contribution in [0.3, 0.4) is 0 Å². The van der Waals surface area contributed by atoms with Gasteiger partial charge in [0.2, 0.25) is 0 Å². The molecule has 0 bridgehead atoms. The highest BCUT2D eigenvalue weighted by Crippen LogP contribution is 2.40. The molecule has 0 N–H and O–H groups in total. The number of methoxy groups -OCH3 is 2. The Hall–Kier alpha value is -1.40. The van der Waals surface area contributed by atoms with E-state index in [0.717, 1.165) is 44.7 Å². The minimum atomic E-state index is 0.677. The third-order valence-corrected chi connectivity index (χ3v) is 13.3. The summed E-state index contributed by atoms with van der Waals surface area (Å²) in [7, 11) is 3.45. The summed E-state index contributed by atoms with van der Waals surface area (Å²) in [5.74, 6) is 2.83. The fraction of sp³-hybridized carbons (Fsp3) is 0.760. The van der Waals surface area contributed by atoms with Crippen molar-refractivity contribution in [1.82, 2.24) is 0 Å². The maximum atomic E-state index is 5.86. The van der Waals surface area contributed by atoms with Gasteiger partial charge in [-0.25, -0.2) is 0 Å². The molecule has 2 aromatic carbocycles. The number of nitrogens with zero attached hydrogens (tertiary/aromatic N) is 2. The SMILES string of the molecule is CCCCCCCCCCC(CCCCCC)Cc1cc(N=Nc2cc(CC(CCCCCC)CCCCCCCCCC)c(Br)cc2OC)c(OC)cc1Br. The van der Waals surface area contributed by atoms with Crippen LogP contribution in [-0.2, 0) is 12.8 Å². The summed E-state index contributed by atoms with van der Waals surface area (Å²) in [6.07, 6.45) is 39.8. The number of unbranched alkanes of at least 4 members (excludes halogenated alkanes) is 20. The summed E-state index contributed by atoms with van der Waals surface area (Å²) >= 11 is 7.83. The molecule has 0 amide bonds. The van der Waals surface area contributed by atoms with Crippen molar-refractivity contribution < 1.29 is 9.47 Å². The summed E-state index contributed by atoms with van der Waals surface area (Å²) in [5, 5.41) is 9.74. The average molecular weight is 905 g/mol. The van der Waals surface area contributed by atoms with E-state index in [9.17, 15) is 0 Å². The zero-order chi connectivity index (χ0) is 40.6. The van der Waals surface area contributed by atoms with E-state index in [2.05, 4.69) is 83.8 Å². The first-order chi connectivity index (χ1) is 27.4. The Labute approximate surface area is 363 Å². The lowest BCUT2D eigenvalue weighted by atomic mass is 9.88. The molecule has 0 aliphatic heterocycles. The van der Waals surface area contributed by atoms with Crippen LogP contribution in [0.15, 0.2) is 43.4 Å². The van der Waals surface area contributed by atoms with Gasteiger partial charge in [-0.15, -0.1) is 10.2 Å². The van der Waals surface area contributed by atoms with E-state index in [0.29, 0.717) is 11.8 Å². The molecule has 4 nitrogen and oxygen atoms in total. The molecular weight excluding hydrogens is 820 g/mol. The van der Waals surface area contributed by atoms with Gasteiger partial charge in [0.1, 0.15) is 22.9 Å². The second kappa shape index (κ2) is 33.4. The van der Waals surface area contributed by atoms with Crippen LogP contribution in [0.5, 0.6) is 11.5 Å². The third-order valence-electron chi connectivity index (χ3n) is 11.8. The molecule has 2 rings (SSSR count). The fourth-order valence-corrected chi connectivity index (χ4v) is 9.22. The average Bonchev–Trinajstić information content (AvgIpc) is 3.20. The molecule has 0 radical (unpaired) electrons. The van der Waals surface area contributed by atoms with Crippen molar-refractivity contribution in [2.45, 2.75) is 220 Å². The van der Waals surface area contributed by atoms with Crippen LogP contribution < -0.4 is 9.47 Å². The van der Waals surface area contributed by atoms with Crippen LogP contribution in [0, 0.1) is 11.8 Å². The van der Waals surface area contributed by atoms with Gasteiger partial charge < -0.3 is 9.47 Å². The Morgan fingerprint density at radius 3 is 0.964 bits per heavy atom. The Kier molecular flexibility index (Phi) is 30.3. The molecule has 56 heavy (non-hydrogen) atoms. The van der Waals surface area contributed by atoms with Gasteiger partial charge in [0.25, 0.3) is 0 Å². The molecule has 0 aromatic heterocycles. The van der Waals surface area contributed by atoms with Gasteiger partial charge in [-0.05, 0) is 60.1 Å². The lowest BCUT2D eigenvalue weighted by Crippen LogP contribution is -2.06. The van der Waals surface area contributed by atoms with E-state index in [-0.39, 0.29) is 0 Å². The topological polar surface area (TPSA) is 43.2 Å². The minimum Gasteiger partial charge on any atom is -0.494 e. The van der Waals surface area contributed by atoms with E-state index in [4.69, 9.17) is 19.7 Å². The Morgan fingerprint density at radius 1 is 0.411 bits per heavy atom. The second-order valence-electron chi connectivity index (χ2n) is 16.8. The lowest BCUT2D eigenvalue weighted by molar-refractivity contribution is 0.399. The Morgan fingerprint density at radius 2 is 0.679 bits per heavy atom. The molecule has 320 valence electrons. The highest BCUT2D eigenvalue weighted by atomic mass is 79.9. The number of halogens is 2. The largest absolute Gasteiger partial charge is 0.494 e. The van der Waals surface area contributed by atoms with Crippen molar-refractivity contribution in [3.8, 4) is 11.5 Å². The van der Waals surface area contributed by atoms with Crippen LogP contribution >= 0.6 is 31.9 Å². The molecule has 6 heteroatoms. The van der Waals surface area contributed by atoms with Crippen molar-refractivity contribution >= 4 is 43.2 Å². The van der Waals surface area contributed by atoms with Crippen LogP contribution in [0.4, 0.5) is 11.4 Å². The predicted octanol–water partition coefficient (Wildman–Crippen LogP) is 19.0. The van der Waals surface area contributed by atoms with Crippen LogP contribution in [0.2, 0.25) is 0 Å². The van der Waals surface area contributed by atoms with Gasteiger partial charge >= 0.3 is 0 Å². The quantitative estimate of drug-likeness (QED) is 0.0505. The van der Waals surface area contributed by atoms with Crippen molar-refractivity contribution in [2.24, 2.45) is 22.1 Å². The molecule has 2 aromatic rings. The van der Waals surface area contributed by atoms with E-state index in [1.54, 1.807) is 14.2 Å². The molecule has 0 saturated carbocycles. The maximum Gasteiger partial charge on any atom is 0.147 e. The first-order valence-electron chi connectivity index (χ1n) is 23.5. The predicted molar refractivity (Wildman–Crippen MR) is 252 cm³/mol. The number of rotatable bonds is 36. The van der Waals surface area contributed by atoms with Gasteiger partial charge in [0.05, 0.1) is 14.2 Å². The number of benzene rings is 2. The number of ether oxygens (including phenoxy) is 2. The van der Waals surface area contributed by atoms with Crippen molar-refractivity contribution in [3.05, 3.63) is 44.3 Å². The maximum absolute atomic E-state index is 5.86. The minimum absolute atomic E-state index is 0.677. The van der Waals surface area contributed by atoms with Gasteiger partial charge in [-0.3, -0.25) is 0 Å². The summed E-state index contributed by atoms with van der Waals surface area (Å²) in [6.45, 7) is 9.21. The monoisotopic (exact) mass is 902 g/mol. The van der Waals surface area contributed by atoms with E-state index in [1.165, 1.54) is 191 Å². The number of hydrogen-bond donors (Lipinski definition) is 0. The molecule has 0 aliphatic carbocycles. The van der Waals surface area contributed by atoms with Crippen LogP contribution in [0.25, 0.3) is 0 Å². The van der Waals surface area contributed by atoms with E-state index < -0.39 is 0 Å². The zero-order valence-electron chi connectivity index (χ0n) is 37.1. The third kappa shape index (κ3) is 22.1. The van der Waals surface area contributed by atoms with Crippen LogP contribution in [-0.4, -0.2) is 14.2 Å². The second-order valence-corrected chi connectivity index (χ2v) is 18.5. The number of hydrogen-bond acceptors (Lipinski definition) is 4. The van der Waals surface area contributed by atoms with E-state index >= 15 is 0 Å². The first kappa shape index (κ1) is 50.7. The summed E-state index contributed by atoms with van der Waals surface area (Å²) in [4.78, 5) is 0. The number of azo groups is 1. The molecule has 0 saturated heterocycles. The molecule has 0 heterocycles. The van der Waals surface area contributed by atoms with Gasteiger partial charge in [0, 0.05) is 8.95 Å². The van der Waals surface area contributed by atoms with Gasteiger partial charge in [-0.1, -0.05) is 239 Å². The summed E-state index contributed by atoms with van der Waals surface area (Å²) in [6, 6.07) is 8.60. The highest BCUT2D eigenvalue weighted by Gasteiger charge is 2.18. The molecular formula is C50H84Br2N2O2. The molecule has 0 aliphatic rings. The normalized spacial score (nSPS) is 12.8. The van der Waals surface area contributed by atoms with Crippen molar-refractivity contribution in [1.29, 1.82) is 0 Å². The molecule has 0 fully saturated rings. The molecule has 0 spiro atoms. The summed E-state index contributed by atoms with van der Waals surface area (Å²) < 4.78 is 13.9.